The number of likely N-dealkylation sites (tertiary alicyclic amines) is 1. The number of nitrogens with zero attached hydrogens (tertiary/aromatic N) is 1. The number of rotatable bonds is 2. The van der Waals surface area contributed by atoms with Crippen LogP contribution in [-0.2, 0) is 0 Å². The summed E-state index contributed by atoms with van der Waals surface area (Å²) >= 11 is 0. The molecule has 2 aromatic rings. The summed E-state index contributed by atoms with van der Waals surface area (Å²) < 4.78 is 0. The van der Waals surface area contributed by atoms with Crippen LogP contribution in [-0.4, -0.2) is 28.9 Å². The average molecular weight is 256 g/mol. The highest BCUT2D eigenvalue weighted by molar-refractivity contribution is 6.05. The number of fused-ring (bicyclic) bond motifs is 1. The van der Waals surface area contributed by atoms with Crippen LogP contribution in [0.2, 0.25) is 0 Å². The van der Waals surface area contributed by atoms with E-state index in [1.54, 1.807) is 0 Å². The van der Waals surface area contributed by atoms with Crippen molar-refractivity contribution < 1.29 is 4.79 Å². The van der Waals surface area contributed by atoms with Crippen LogP contribution in [0, 0.1) is 5.92 Å². The summed E-state index contributed by atoms with van der Waals surface area (Å²) in [6.07, 6.45) is 5.41. The second kappa shape index (κ2) is 5.08. The summed E-state index contributed by atoms with van der Waals surface area (Å²) in [5.41, 5.74) is 1.77. The molecule has 3 rings (SSSR count). The Balaban J connectivity index is 1.82. The molecule has 0 spiro atoms. The van der Waals surface area contributed by atoms with Crippen LogP contribution in [0.4, 0.5) is 0 Å². The first kappa shape index (κ1) is 12.3. The Morgan fingerprint density at radius 1 is 1.32 bits per heavy atom. The molecule has 0 unspecified atom stereocenters. The molecular formula is C16H20N2O. The minimum absolute atomic E-state index is 0.169. The number of hydrogen-bond acceptors (Lipinski definition) is 1. The van der Waals surface area contributed by atoms with Crippen LogP contribution in [0.1, 0.15) is 36.5 Å². The first-order valence-electron chi connectivity index (χ1n) is 7.15. The topological polar surface area (TPSA) is 36.1 Å². The van der Waals surface area contributed by atoms with Crippen LogP contribution in [0.5, 0.6) is 0 Å². The van der Waals surface area contributed by atoms with Gasteiger partial charge in [-0.2, -0.15) is 0 Å². The molecular weight excluding hydrogens is 236 g/mol. The Labute approximate surface area is 113 Å². The fourth-order valence-electron chi connectivity index (χ4n) is 2.98. The predicted octanol–water partition coefficient (Wildman–Crippen LogP) is 3.43. The van der Waals surface area contributed by atoms with Crippen molar-refractivity contribution in [3.8, 4) is 0 Å². The second-order valence-electron chi connectivity index (χ2n) is 5.39. The Morgan fingerprint density at radius 2 is 2.11 bits per heavy atom. The lowest BCUT2D eigenvalue weighted by Gasteiger charge is -2.31. The summed E-state index contributed by atoms with van der Waals surface area (Å²) in [4.78, 5) is 17.8. The normalized spacial score (nSPS) is 17.0. The van der Waals surface area contributed by atoms with Crippen molar-refractivity contribution in [3.05, 3.63) is 36.0 Å². The van der Waals surface area contributed by atoms with E-state index >= 15 is 0 Å². The van der Waals surface area contributed by atoms with E-state index in [2.05, 4.69) is 11.9 Å². The molecule has 3 heteroatoms. The van der Waals surface area contributed by atoms with E-state index in [0.29, 0.717) is 0 Å². The monoisotopic (exact) mass is 256 g/mol. The minimum Gasteiger partial charge on any atom is -0.361 e. The van der Waals surface area contributed by atoms with E-state index in [9.17, 15) is 4.79 Å². The maximum Gasteiger partial charge on any atom is 0.255 e. The minimum atomic E-state index is 0.169. The van der Waals surface area contributed by atoms with Gasteiger partial charge in [0.1, 0.15) is 0 Å². The average Bonchev–Trinajstić information content (AvgIpc) is 2.95. The number of aromatic nitrogens is 1. The van der Waals surface area contributed by atoms with E-state index < -0.39 is 0 Å². The van der Waals surface area contributed by atoms with Crippen LogP contribution < -0.4 is 0 Å². The van der Waals surface area contributed by atoms with Gasteiger partial charge in [-0.3, -0.25) is 4.79 Å². The number of para-hydroxylation sites is 1. The maximum absolute atomic E-state index is 12.6. The highest BCUT2D eigenvalue weighted by Crippen LogP contribution is 2.23. The number of aromatic amines is 1. The van der Waals surface area contributed by atoms with Crippen molar-refractivity contribution in [2.24, 2.45) is 5.92 Å². The summed E-state index contributed by atoms with van der Waals surface area (Å²) in [6, 6.07) is 7.93. The largest absolute Gasteiger partial charge is 0.361 e. The third kappa shape index (κ3) is 2.25. The molecule has 1 fully saturated rings. The zero-order chi connectivity index (χ0) is 13.2. The summed E-state index contributed by atoms with van der Waals surface area (Å²) in [5, 5.41) is 1.11. The first-order valence-corrected chi connectivity index (χ1v) is 7.15. The quantitative estimate of drug-likeness (QED) is 0.878. The van der Waals surface area contributed by atoms with Crippen molar-refractivity contribution in [2.45, 2.75) is 26.2 Å². The van der Waals surface area contributed by atoms with E-state index in [1.807, 2.05) is 35.4 Å². The van der Waals surface area contributed by atoms with Crippen molar-refractivity contribution in [3.63, 3.8) is 0 Å². The number of hydrogen-bond donors (Lipinski definition) is 1. The molecule has 0 atom stereocenters. The van der Waals surface area contributed by atoms with Crippen molar-refractivity contribution in [1.82, 2.24) is 9.88 Å². The van der Waals surface area contributed by atoms with E-state index in [0.717, 1.165) is 48.3 Å². The van der Waals surface area contributed by atoms with Crippen molar-refractivity contribution >= 4 is 16.8 Å². The van der Waals surface area contributed by atoms with Crippen molar-refractivity contribution in [2.75, 3.05) is 13.1 Å². The summed E-state index contributed by atoms with van der Waals surface area (Å²) in [6.45, 7) is 4.03. The van der Waals surface area contributed by atoms with Gasteiger partial charge in [0.05, 0.1) is 11.1 Å². The highest BCUT2D eigenvalue weighted by Gasteiger charge is 2.23. The SMILES string of the molecule is CCC1CCN(C(=O)c2cccc3cc[nH]c23)CC1. The molecule has 0 aliphatic carbocycles. The third-order valence-corrected chi connectivity index (χ3v) is 4.30. The van der Waals surface area contributed by atoms with E-state index in [-0.39, 0.29) is 5.91 Å². The van der Waals surface area contributed by atoms with Gasteiger partial charge >= 0.3 is 0 Å². The zero-order valence-electron chi connectivity index (χ0n) is 11.4. The van der Waals surface area contributed by atoms with E-state index in [1.165, 1.54) is 6.42 Å². The molecule has 1 aromatic heterocycles. The number of carbonyl (C=O) groups is 1. The Hall–Kier alpha value is -1.77. The zero-order valence-corrected chi connectivity index (χ0v) is 11.4. The maximum atomic E-state index is 12.6. The molecule has 1 N–H and O–H groups in total. The van der Waals surface area contributed by atoms with Gasteiger partial charge in [-0.1, -0.05) is 25.5 Å². The molecule has 100 valence electrons. The van der Waals surface area contributed by atoms with Gasteiger partial charge in [-0.25, -0.2) is 0 Å². The molecule has 1 aliphatic rings. The number of amides is 1. The van der Waals surface area contributed by atoms with Gasteiger partial charge in [0.2, 0.25) is 0 Å². The van der Waals surface area contributed by atoms with Gasteiger partial charge < -0.3 is 9.88 Å². The third-order valence-electron chi connectivity index (χ3n) is 4.30. The Morgan fingerprint density at radius 3 is 2.84 bits per heavy atom. The standard InChI is InChI=1S/C16H20N2O/c1-2-12-7-10-18(11-8-12)16(19)14-5-3-4-13-6-9-17-15(13)14/h3-6,9,12,17H,2,7-8,10-11H2,1H3. The molecule has 0 bridgehead atoms. The number of piperidine rings is 1. The second-order valence-corrected chi connectivity index (χ2v) is 5.39. The number of benzene rings is 1. The van der Waals surface area contributed by atoms with Gasteiger partial charge in [0, 0.05) is 24.7 Å². The molecule has 1 aliphatic heterocycles. The lowest BCUT2D eigenvalue weighted by molar-refractivity contribution is 0.0690. The molecule has 0 radical (unpaired) electrons. The lowest BCUT2D eigenvalue weighted by atomic mass is 9.94. The number of H-pyrrole nitrogens is 1. The van der Waals surface area contributed by atoms with Crippen LogP contribution in [0.15, 0.2) is 30.5 Å². The fourth-order valence-corrected chi connectivity index (χ4v) is 2.98. The van der Waals surface area contributed by atoms with Gasteiger partial charge in [-0.05, 0) is 30.9 Å². The van der Waals surface area contributed by atoms with Crippen LogP contribution in [0.3, 0.4) is 0 Å². The van der Waals surface area contributed by atoms with E-state index in [4.69, 9.17) is 0 Å². The molecule has 19 heavy (non-hydrogen) atoms. The Kier molecular flexibility index (Phi) is 3.28. The van der Waals surface area contributed by atoms with Gasteiger partial charge in [0.15, 0.2) is 0 Å². The number of nitrogens with one attached hydrogen (secondary N) is 1. The summed E-state index contributed by atoms with van der Waals surface area (Å²) in [5.74, 6) is 0.966. The lowest BCUT2D eigenvalue weighted by Crippen LogP contribution is -2.38. The smallest absolute Gasteiger partial charge is 0.255 e. The molecule has 1 saturated heterocycles. The van der Waals surface area contributed by atoms with Gasteiger partial charge in [0.25, 0.3) is 5.91 Å². The van der Waals surface area contributed by atoms with Gasteiger partial charge in [-0.15, -0.1) is 0 Å². The fraction of sp³-hybridized carbons (Fsp3) is 0.438. The Bertz CT molecular complexity index is 579. The van der Waals surface area contributed by atoms with Crippen LogP contribution >= 0.6 is 0 Å². The molecule has 1 aromatic carbocycles. The molecule has 0 saturated carbocycles. The van der Waals surface area contributed by atoms with Crippen molar-refractivity contribution in [1.29, 1.82) is 0 Å². The molecule has 2 heterocycles. The first-order chi connectivity index (χ1) is 9.29. The molecule has 3 nitrogen and oxygen atoms in total. The summed E-state index contributed by atoms with van der Waals surface area (Å²) in [7, 11) is 0. The molecule has 1 amide bonds. The number of carbonyl (C=O) groups excluding carboxylic acids is 1. The predicted molar refractivity (Wildman–Crippen MR) is 77.2 cm³/mol. The highest BCUT2D eigenvalue weighted by atomic mass is 16.2. The van der Waals surface area contributed by atoms with Crippen LogP contribution in [0.25, 0.3) is 10.9 Å².